The van der Waals surface area contributed by atoms with Gasteiger partial charge in [0.2, 0.25) is 0 Å². The van der Waals surface area contributed by atoms with Crippen LogP contribution in [0.15, 0.2) is 35.9 Å². The Morgan fingerprint density at radius 1 is 1.30 bits per heavy atom. The molecule has 0 saturated carbocycles. The van der Waals surface area contributed by atoms with E-state index in [1.54, 1.807) is 6.07 Å². The number of aromatic nitrogens is 1. The van der Waals surface area contributed by atoms with Gasteiger partial charge in [-0.2, -0.15) is 4.73 Å². The molecule has 0 spiro atoms. The van der Waals surface area contributed by atoms with E-state index in [0.717, 1.165) is 35.8 Å². The lowest BCUT2D eigenvalue weighted by atomic mass is 9.94. The van der Waals surface area contributed by atoms with Gasteiger partial charge in [0.05, 0.1) is 11.8 Å². The van der Waals surface area contributed by atoms with Gasteiger partial charge in [0.1, 0.15) is 0 Å². The number of carbonyl (C=O) groups is 1. The van der Waals surface area contributed by atoms with E-state index in [4.69, 9.17) is 0 Å². The number of rotatable bonds is 3. The van der Waals surface area contributed by atoms with E-state index in [1.165, 1.54) is 24.8 Å². The first-order valence-electron chi connectivity index (χ1n) is 7.59. The summed E-state index contributed by atoms with van der Waals surface area (Å²) >= 11 is 0. The highest BCUT2D eigenvalue weighted by molar-refractivity contribution is 7.94. The number of amides is 1. The highest BCUT2D eigenvalue weighted by atomic mass is 32.2. The molecular weight excluding hydrogens is 316 g/mol. The third kappa shape index (κ3) is 3.61. The summed E-state index contributed by atoms with van der Waals surface area (Å²) in [4.78, 5) is 12.1. The molecule has 0 unspecified atom stereocenters. The van der Waals surface area contributed by atoms with E-state index < -0.39 is 21.8 Å². The molecule has 7 heteroatoms. The van der Waals surface area contributed by atoms with Gasteiger partial charge in [-0.1, -0.05) is 6.08 Å². The van der Waals surface area contributed by atoms with Crippen molar-refractivity contribution in [3.63, 3.8) is 0 Å². The summed E-state index contributed by atoms with van der Waals surface area (Å²) in [5.41, 5.74) is 1.93. The van der Waals surface area contributed by atoms with E-state index >= 15 is 0 Å². The lowest BCUT2D eigenvalue weighted by Crippen LogP contribution is -2.43. The minimum Gasteiger partial charge on any atom is -0.618 e. The predicted molar refractivity (Wildman–Crippen MR) is 86.0 cm³/mol. The molecule has 0 radical (unpaired) electrons. The molecule has 122 valence electrons. The van der Waals surface area contributed by atoms with E-state index in [9.17, 15) is 18.4 Å². The molecule has 1 aromatic heterocycles. The normalized spacial score (nSPS) is 22.6. The summed E-state index contributed by atoms with van der Waals surface area (Å²) in [5.74, 6) is -0.737. The van der Waals surface area contributed by atoms with Crippen LogP contribution in [0.3, 0.4) is 0 Å². The topological polar surface area (TPSA) is 90.2 Å². The van der Waals surface area contributed by atoms with E-state index in [1.807, 2.05) is 0 Å². The number of allylic oxidation sites excluding steroid dienone is 2. The zero-order valence-corrected chi connectivity index (χ0v) is 13.4. The second-order valence-corrected chi connectivity index (χ2v) is 7.77. The molecule has 0 fully saturated rings. The first-order valence-corrected chi connectivity index (χ1v) is 9.31. The Bertz CT molecular complexity index is 796. The summed E-state index contributed by atoms with van der Waals surface area (Å²) in [5, 5.41) is 15.8. The van der Waals surface area contributed by atoms with Crippen LogP contribution in [-0.4, -0.2) is 26.1 Å². The first kappa shape index (κ1) is 15.7. The average Bonchev–Trinajstić information content (AvgIpc) is 2.86. The maximum atomic E-state index is 12.1. The Morgan fingerprint density at radius 3 is 2.74 bits per heavy atom. The van der Waals surface area contributed by atoms with Crippen LogP contribution < -0.4 is 10.0 Å². The Hall–Kier alpha value is -2.15. The smallest absolute Gasteiger partial charge is 0.317 e. The molecule has 2 heterocycles. The van der Waals surface area contributed by atoms with Gasteiger partial charge in [-0.05, 0) is 43.4 Å². The minimum absolute atomic E-state index is 0.0390. The first-order chi connectivity index (χ1) is 10.9. The summed E-state index contributed by atoms with van der Waals surface area (Å²) < 4.78 is 23.2. The Morgan fingerprint density at radius 2 is 2.13 bits per heavy atom. The lowest BCUT2D eigenvalue weighted by molar-refractivity contribution is -0.607. The maximum Gasteiger partial charge on any atom is 0.317 e. The molecule has 0 aromatic carbocycles. The molecular formula is C16H18N2O4S. The zero-order valence-electron chi connectivity index (χ0n) is 12.6. The van der Waals surface area contributed by atoms with E-state index in [0.29, 0.717) is 4.73 Å². The molecule has 1 aliphatic heterocycles. The van der Waals surface area contributed by atoms with E-state index in [2.05, 4.69) is 11.4 Å². The van der Waals surface area contributed by atoms with Gasteiger partial charge < -0.3 is 10.5 Å². The number of hydrogen-bond acceptors (Lipinski definition) is 4. The fraction of sp³-hybridized carbons (Fsp3) is 0.375. The summed E-state index contributed by atoms with van der Waals surface area (Å²) in [6, 6.07) is 2.66. The fourth-order valence-electron chi connectivity index (χ4n) is 2.86. The molecule has 3 rings (SSSR count). The Balaban J connectivity index is 1.74. The molecule has 1 aliphatic carbocycles. The third-order valence-corrected chi connectivity index (χ3v) is 5.45. The highest BCUT2D eigenvalue weighted by Gasteiger charge is 2.26. The van der Waals surface area contributed by atoms with Crippen molar-refractivity contribution in [3.05, 3.63) is 52.4 Å². The van der Waals surface area contributed by atoms with Gasteiger partial charge in [0.15, 0.2) is 16.0 Å². The van der Waals surface area contributed by atoms with Gasteiger partial charge in [-0.15, -0.1) is 0 Å². The second-order valence-electron chi connectivity index (χ2n) is 5.84. The molecule has 1 aromatic rings. The van der Waals surface area contributed by atoms with Crippen molar-refractivity contribution in [2.45, 2.75) is 31.7 Å². The van der Waals surface area contributed by atoms with Crippen molar-refractivity contribution in [2.75, 3.05) is 5.75 Å². The third-order valence-electron chi connectivity index (χ3n) is 4.06. The molecule has 1 N–H and O–H groups in total. The highest BCUT2D eigenvalue weighted by Crippen LogP contribution is 2.25. The van der Waals surface area contributed by atoms with Crippen molar-refractivity contribution in [1.29, 1.82) is 0 Å². The Labute approximate surface area is 135 Å². The molecule has 6 nitrogen and oxygen atoms in total. The van der Waals surface area contributed by atoms with Gasteiger partial charge >= 0.3 is 5.91 Å². The number of carbonyl (C=O) groups excluding carboxylic acids is 1. The van der Waals surface area contributed by atoms with Crippen molar-refractivity contribution < 1.29 is 17.9 Å². The summed E-state index contributed by atoms with van der Waals surface area (Å²) in [6.45, 7) is 0. The predicted octanol–water partition coefficient (Wildman–Crippen LogP) is 1.32. The lowest BCUT2D eigenvalue weighted by Gasteiger charge is -2.14. The summed E-state index contributed by atoms with van der Waals surface area (Å²) in [7, 11) is -3.24. The summed E-state index contributed by atoms with van der Waals surface area (Å²) in [6.07, 6.45) is 9.19. The van der Waals surface area contributed by atoms with Crippen LogP contribution in [-0.2, 0) is 9.84 Å². The average molecular weight is 334 g/mol. The molecule has 2 aliphatic rings. The van der Waals surface area contributed by atoms with Crippen molar-refractivity contribution in [3.8, 4) is 0 Å². The fourth-order valence-corrected chi connectivity index (χ4v) is 4.09. The van der Waals surface area contributed by atoms with Crippen LogP contribution in [0, 0.1) is 5.21 Å². The molecule has 0 saturated heterocycles. The quantitative estimate of drug-likeness (QED) is 0.667. The largest absolute Gasteiger partial charge is 0.618 e. The van der Waals surface area contributed by atoms with Crippen LogP contribution in [0.25, 0.3) is 5.57 Å². The number of pyridine rings is 1. The van der Waals surface area contributed by atoms with Crippen LogP contribution in [0.1, 0.15) is 41.7 Å². The Kier molecular flexibility index (Phi) is 4.21. The monoisotopic (exact) mass is 334 g/mol. The molecule has 0 bridgehead atoms. The van der Waals surface area contributed by atoms with Gasteiger partial charge in [0, 0.05) is 17.0 Å². The van der Waals surface area contributed by atoms with Crippen molar-refractivity contribution in [2.24, 2.45) is 0 Å². The van der Waals surface area contributed by atoms with Crippen LogP contribution in [0.4, 0.5) is 0 Å². The standard InChI is InChI=1S/C16H18N2O4S/c19-16(17-14-8-9-23(21,22)11-14)15-7-6-13(10-18(15)20)12-4-2-1-3-5-12/h4,6-10,14H,1-3,5,11H2,(H,17,19)/t14-/m1/s1. The number of hydrogen-bond donors (Lipinski definition) is 1. The van der Waals surface area contributed by atoms with Gasteiger partial charge in [0.25, 0.3) is 5.69 Å². The van der Waals surface area contributed by atoms with E-state index in [-0.39, 0.29) is 11.4 Å². The molecule has 1 atom stereocenters. The zero-order chi connectivity index (χ0) is 16.4. The van der Waals surface area contributed by atoms with Crippen molar-refractivity contribution >= 4 is 21.3 Å². The number of nitrogens with one attached hydrogen (secondary N) is 1. The maximum absolute atomic E-state index is 12.1. The second kappa shape index (κ2) is 6.16. The van der Waals surface area contributed by atoms with Gasteiger partial charge in [-0.3, -0.25) is 4.79 Å². The van der Waals surface area contributed by atoms with Crippen LogP contribution in [0.2, 0.25) is 0 Å². The number of nitrogens with zero attached hydrogens (tertiary/aromatic N) is 1. The van der Waals surface area contributed by atoms with Gasteiger partial charge in [-0.25, -0.2) is 8.42 Å². The minimum atomic E-state index is -3.24. The SMILES string of the molecule is O=C(N[C@@H]1C=CS(=O)(=O)C1)c1ccc(C2=CCCCC2)c[n+]1[O-]. The molecule has 1 amide bonds. The molecule has 23 heavy (non-hydrogen) atoms. The van der Waals surface area contributed by atoms with Crippen LogP contribution >= 0.6 is 0 Å². The number of sulfone groups is 1. The van der Waals surface area contributed by atoms with Crippen LogP contribution in [0.5, 0.6) is 0 Å². The van der Waals surface area contributed by atoms with Crippen molar-refractivity contribution in [1.82, 2.24) is 5.32 Å².